The van der Waals surface area contributed by atoms with Crippen LogP contribution in [0.1, 0.15) is 53.4 Å². The Kier molecular flexibility index (Phi) is 6.84. The number of nitrogens with one attached hydrogen (secondary N) is 1. The molecule has 0 atom stereocenters. The highest BCUT2D eigenvalue weighted by atomic mass is 79.9. The first-order valence-corrected chi connectivity index (χ1v) is 10.3. The maximum absolute atomic E-state index is 13.4. The number of carbonyl (C=O) groups is 1. The topological polar surface area (TPSA) is 49.3 Å². The molecule has 0 unspecified atom stereocenters. The van der Waals surface area contributed by atoms with E-state index in [1.54, 1.807) is 26.8 Å². The van der Waals surface area contributed by atoms with Gasteiger partial charge in [0.2, 0.25) is 0 Å². The Balaban J connectivity index is 2.73. The molecule has 0 aliphatic heterocycles. The van der Waals surface area contributed by atoms with E-state index < -0.39 is 50.7 Å². The predicted molar refractivity (Wildman–Crippen MR) is 111 cm³/mol. The molecule has 2 N–H and O–H groups in total. The van der Waals surface area contributed by atoms with Gasteiger partial charge in [0.1, 0.15) is 5.75 Å². The molecule has 0 heterocycles. The van der Waals surface area contributed by atoms with Crippen molar-refractivity contribution in [2.75, 3.05) is 5.32 Å². The van der Waals surface area contributed by atoms with Crippen molar-refractivity contribution in [3.63, 3.8) is 0 Å². The molecular formula is C20H17Br2F6NO2. The first-order valence-electron chi connectivity index (χ1n) is 8.68. The fraction of sp³-hybridized carbons (Fsp3) is 0.350. The Morgan fingerprint density at radius 3 is 1.87 bits per heavy atom. The Hall–Kier alpha value is -1.75. The number of alkyl halides is 6. The highest BCUT2D eigenvalue weighted by Crippen LogP contribution is 2.46. The summed E-state index contributed by atoms with van der Waals surface area (Å²) in [5, 5.41) is 12.6. The number of phenols is 1. The third-order valence-corrected chi connectivity index (χ3v) is 6.17. The van der Waals surface area contributed by atoms with Gasteiger partial charge < -0.3 is 10.4 Å². The molecule has 0 bridgehead atoms. The first-order chi connectivity index (χ1) is 13.9. The first kappa shape index (κ1) is 25.5. The number of halogens is 8. The molecule has 2 aromatic carbocycles. The lowest BCUT2D eigenvalue weighted by atomic mass is 9.84. The third kappa shape index (κ3) is 5.19. The van der Waals surface area contributed by atoms with Crippen molar-refractivity contribution >= 4 is 43.5 Å². The average molecular weight is 577 g/mol. The third-order valence-electron chi connectivity index (χ3n) is 4.52. The van der Waals surface area contributed by atoms with Gasteiger partial charge in [0, 0.05) is 10.0 Å². The van der Waals surface area contributed by atoms with Crippen molar-refractivity contribution in [3.8, 4) is 5.75 Å². The van der Waals surface area contributed by atoms with Gasteiger partial charge in [-0.15, -0.1) is 0 Å². The van der Waals surface area contributed by atoms with E-state index in [2.05, 4.69) is 31.9 Å². The van der Waals surface area contributed by atoms with Gasteiger partial charge in [0.05, 0.1) is 26.9 Å². The number of phenolic OH excluding ortho intramolecular Hbond substituents is 1. The van der Waals surface area contributed by atoms with Crippen LogP contribution in [0.15, 0.2) is 27.1 Å². The largest absolute Gasteiger partial charge is 0.507 e. The van der Waals surface area contributed by atoms with Crippen LogP contribution in [0.3, 0.4) is 0 Å². The Morgan fingerprint density at radius 2 is 1.42 bits per heavy atom. The quantitative estimate of drug-likeness (QED) is 0.358. The fourth-order valence-electron chi connectivity index (χ4n) is 2.91. The molecule has 3 nitrogen and oxygen atoms in total. The number of hydrogen-bond donors (Lipinski definition) is 2. The number of amides is 1. The Morgan fingerprint density at radius 1 is 0.935 bits per heavy atom. The standard InChI is InChI=1S/C20H17Br2F6NO2/c1-8-12(21)7-11(18(2,3)4)16(30)13(8)17(31)29-15-10(20(26,27)28)6-5-9(14(15)22)19(23,24)25/h5-7,30H,1-4H3,(H,29,31). The van der Waals surface area contributed by atoms with Crippen LogP contribution >= 0.6 is 31.9 Å². The molecule has 31 heavy (non-hydrogen) atoms. The van der Waals surface area contributed by atoms with E-state index in [-0.39, 0.29) is 23.3 Å². The molecule has 0 saturated carbocycles. The summed E-state index contributed by atoms with van der Waals surface area (Å²) in [5.41, 5.74) is -4.40. The van der Waals surface area contributed by atoms with Gasteiger partial charge in [-0.2, -0.15) is 26.3 Å². The molecule has 0 fully saturated rings. The lowest BCUT2D eigenvalue weighted by Gasteiger charge is -2.24. The van der Waals surface area contributed by atoms with Crippen molar-refractivity contribution < 1.29 is 36.2 Å². The van der Waals surface area contributed by atoms with Gasteiger partial charge in [0.25, 0.3) is 5.91 Å². The van der Waals surface area contributed by atoms with Crippen molar-refractivity contribution in [3.05, 3.63) is 55.0 Å². The lowest BCUT2D eigenvalue weighted by molar-refractivity contribution is -0.141. The predicted octanol–water partition coefficient (Wildman–Crippen LogP) is 7.81. The van der Waals surface area contributed by atoms with Gasteiger partial charge in [-0.3, -0.25) is 4.79 Å². The number of anilines is 1. The minimum atomic E-state index is -5.04. The fourth-order valence-corrected chi connectivity index (χ4v) is 4.01. The van der Waals surface area contributed by atoms with Gasteiger partial charge in [-0.05, 0) is 52.0 Å². The molecule has 0 aliphatic rings. The van der Waals surface area contributed by atoms with Crippen LogP contribution in [-0.2, 0) is 17.8 Å². The monoisotopic (exact) mass is 575 g/mol. The molecule has 2 aromatic rings. The smallest absolute Gasteiger partial charge is 0.418 e. The summed E-state index contributed by atoms with van der Waals surface area (Å²) in [6.45, 7) is 6.68. The summed E-state index contributed by atoms with van der Waals surface area (Å²) in [5.74, 6) is -1.66. The zero-order chi connectivity index (χ0) is 24.1. The van der Waals surface area contributed by atoms with E-state index >= 15 is 0 Å². The number of rotatable bonds is 2. The lowest BCUT2D eigenvalue weighted by Crippen LogP contribution is -2.21. The van der Waals surface area contributed by atoms with Crippen LogP contribution in [0, 0.1) is 6.92 Å². The summed E-state index contributed by atoms with van der Waals surface area (Å²) in [6, 6.07) is 2.10. The molecule has 0 spiro atoms. The van der Waals surface area contributed by atoms with Crippen molar-refractivity contribution in [1.29, 1.82) is 0 Å². The molecule has 1 amide bonds. The number of hydrogen-bond acceptors (Lipinski definition) is 2. The molecule has 0 saturated heterocycles. The SMILES string of the molecule is Cc1c(Br)cc(C(C)(C)C)c(O)c1C(=O)Nc1c(C(F)(F)F)ccc(C(F)(F)F)c1Br. The molecule has 0 aliphatic carbocycles. The maximum atomic E-state index is 13.4. The van der Waals surface area contributed by atoms with Crippen LogP contribution in [-0.4, -0.2) is 11.0 Å². The molecular weight excluding hydrogens is 560 g/mol. The zero-order valence-electron chi connectivity index (χ0n) is 16.6. The second-order valence-electron chi connectivity index (χ2n) is 7.80. The van der Waals surface area contributed by atoms with E-state index in [4.69, 9.17) is 0 Å². The van der Waals surface area contributed by atoms with Crippen molar-refractivity contribution in [1.82, 2.24) is 0 Å². The van der Waals surface area contributed by atoms with Crippen LogP contribution < -0.4 is 5.32 Å². The second kappa shape index (κ2) is 8.31. The van der Waals surface area contributed by atoms with Crippen LogP contribution in [0.5, 0.6) is 5.75 Å². The van der Waals surface area contributed by atoms with Crippen LogP contribution in [0.4, 0.5) is 32.0 Å². The molecule has 0 radical (unpaired) electrons. The number of carbonyl (C=O) groups excluding carboxylic acids is 1. The maximum Gasteiger partial charge on any atom is 0.418 e. The molecule has 0 aromatic heterocycles. The summed E-state index contributed by atoms with van der Waals surface area (Å²) in [6.07, 6.45) is -10.0. The summed E-state index contributed by atoms with van der Waals surface area (Å²) in [7, 11) is 0. The van der Waals surface area contributed by atoms with E-state index in [0.29, 0.717) is 10.0 Å². The summed E-state index contributed by atoms with van der Waals surface area (Å²) >= 11 is 5.80. The van der Waals surface area contributed by atoms with E-state index in [1.165, 1.54) is 6.92 Å². The Labute approximate surface area is 191 Å². The summed E-state index contributed by atoms with van der Waals surface area (Å²) < 4.78 is 79.4. The van der Waals surface area contributed by atoms with Gasteiger partial charge >= 0.3 is 12.4 Å². The second-order valence-corrected chi connectivity index (χ2v) is 9.45. The van der Waals surface area contributed by atoms with Gasteiger partial charge in [-0.1, -0.05) is 36.7 Å². The zero-order valence-corrected chi connectivity index (χ0v) is 19.8. The normalized spacial score (nSPS) is 12.8. The molecule has 170 valence electrons. The Bertz CT molecular complexity index is 1040. The van der Waals surface area contributed by atoms with Gasteiger partial charge in [-0.25, -0.2) is 0 Å². The molecule has 11 heteroatoms. The van der Waals surface area contributed by atoms with Gasteiger partial charge in [0.15, 0.2) is 0 Å². The minimum absolute atomic E-state index is 0.208. The average Bonchev–Trinajstić information content (AvgIpc) is 2.56. The minimum Gasteiger partial charge on any atom is -0.507 e. The molecule has 2 rings (SSSR count). The van der Waals surface area contributed by atoms with Crippen LogP contribution in [0.2, 0.25) is 0 Å². The van der Waals surface area contributed by atoms with E-state index in [0.717, 1.165) is 0 Å². The van der Waals surface area contributed by atoms with E-state index in [9.17, 15) is 36.2 Å². The van der Waals surface area contributed by atoms with Crippen LogP contribution in [0.25, 0.3) is 0 Å². The number of benzene rings is 2. The highest BCUT2D eigenvalue weighted by molar-refractivity contribution is 9.11. The highest BCUT2D eigenvalue weighted by Gasteiger charge is 2.40. The van der Waals surface area contributed by atoms with Crippen molar-refractivity contribution in [2.45, 2.75) is 45.5 Å². The van der Waals surface area contributed by atoms with Crippen molar-refractivity contribution in [2.24, 2.45) is 0 Å². The summed E-state index contributed by atoms with van der Waals surface area (Å²) in [4.78, 5) is 12.9. The van der Waals surface area contributed by atoms with E-state index in [1.807, 2.05) is 5.32 Å². The number of aromatic hydroxyl groups is 1.